The Balaban J connectivity index is 0.00000392. The molecule has 0 aromatic heterocycles. The number of hydrogen-bond donors (Lipinski definition) is 2. The van der Waals surface area contributed by atoms with Gasteiger partial charge in [0.25, 0.3) is 0 Å². The van der Waals surface area contributed by atoms with Crippen molar-refractivity contribution < 1.29 is 17.6 Å². The molecule has 1 fully saturated rings. The first kappa shape index (κ1) is 24.9. The van der Waals surface area contributed by atoms with Crippen LogP contribution < -0.4 is 10.6 Å². The number of benzene rings is 1. The number of guanidine groups is 1. The summed E-state index contributed by atoms with van der Waals surface area (Å²) in [4.78, 5) is 6.04. The van der Waals surface area contributed by atoms with Gasteiger partial charge in [0.1, 0.15) is 5.82 Å². The second kappa shape index (κ2) is 11.2. The van der Waals surface area contributed by atoms with E-state index in [0.29, 0.717) is 37.5 Å². The Bertz CT molecular complexity index is 641. The largest absolute Gasteiger partial charge is 0.391 e. The predicted molar refractivity (Wildman–Crippen MR) is 114 cm³/mol. The fourth-order valence-electron chi connectivity index (χ4n) is 3.34. The smallest absolute Gasteiger partial charge is 0.354 e. The third-order valence-corrected chi connectivity index (χ3v) is 4.81. The van der Waals surface area contributed by atoms with Crippen molar-refractivity contribution in [3.8, 4) is 0 Å². The first-order chi connectivity index (χ1) is 12.7. The lowest BCUT2D eigenvalue weighted by molar-refractivity contribution is -0.182. The van der Waals surface area contributed by atoms with Gasteiger partial charge in [-0.2, -0.15) is 13.2 Å². The van der Waals surface area contributed by atoms with Crippen molar-refractivity contribution in [2.24, 2.45) is 10.9 Å². The molecule has 1 aliphatic rings. The maximum Gasteiger partial charge on any atom is 0.391 e. The van der Waals surface area contributed by atoms with E-state index < -0.39 is 12.1 Å². The zero-order valence-corrected chi connectivity index (χ0v) is 18.8. The summed E-state index contributed by atoms with van der Waals surface area (Å²) in [6.45, 7) is 0.966. The summed E-state index contributed by atoms with van der Waals surface area (Å²) in [6, 6.07) is 4.95. The molecule has 0 spiro atoms. The molecule has 1 saturated carbocycles. The van der Waals surface area contributed by atoms with Gasteiger partial charge in [0, 0.05) is 31.7 Å². The van der Waals surface area contributed by atoms with Crippen molar-refractivity contribution in [3.05, 3.63) is 35.1 Å². The van der Waals surface area contributed by atoms with Gasteiger partial charge < -0.3 is 15.5 Å². The maximum absolute atomic E-state index is 13.9. The van der Waals surface area contributed by atoms with Crippen LogP contribution in [-0.2, 0) is 13.1 Å². The number of aliphatic imine (C=N–C) groups is 1. The molecule has 28 heavy (non-hydrogen) atoms. The van der Waals surface area contributed by atoms with E-state index in [9.17, 15) is 17.6 Å². The average molecular weight is 516 g/mol. The summed E-state index contributed by atoms with van der Waals surface area (Å²) in [5.41, 5.74) is 1.53. The lowest BCUT2D eigenvalue weighted by Crippen LogP contribution is -2.45. The standard InChI is InChI=1S/C19H28F4N4.HI/c1-24-18(26-16-7-5-15(6-8-16)19(21,22)23)25-11-13-4-9-17(20)14(10-13)12-27(2)3;/h4,9-10,15-16H,5-8,11-12H2,1-3H3,(H2,24,25,26);1H. The normalized spacial score (nSPS) is 20.6. The predicted octanol–water partition coefficient (Wildman–Crippen LogP) is 4.29. The molecular weight excluding hydrogens is 487 g/mol. The molecule has 0 aliphatic heterocycles. The van der Waals surface area contributed by atoms with E-state index in [1.54, 1.807) is 13.1 Å². The molecule has 1 aromatic rings. The van der Waals surface area contributed by atoms with Crippen molar-refractivity contribution in [2.75, 3.05) is 21.1 Å². The van der Waals surface area contributed by atoms with Gasteiger partial charge in [-0.25, -0.2) is 4.39 Å². The highest BCUT2D eigenvalue weighted by atomic mass is 127. The maximum atomic E-state index is 13.9. The lowest BCUT2D eigenvalue weighted by Gasteiger charge is -2.31. The molecule has 0 amide bonds. The number of hydrogen-bond acceptors (Lipinski definition) is 2. The molecular formula is C19H29F4IN4. The Morgan fingerprint density at radius 3 is 2.36 bits per heavy atom. The fraction of sp³-hybridized carbons (Fsp3) is 0.632. The van der Waals surface area contributed by atoms with Crippen LogP contribution in [-0.4, -0.2) is 44.2 Å². The summed E-state index contributed by atoms with van der Waals surface area (Å²) in [6.07, 6.45) is -2.88. The van der Waals surface area contributed by atoms with Gasteiger partial charge in [-0.05, 0) is 57.5 Å². The summed E-state index contributed by atoms with van der Waals surface area (Å²) >= 11 is 0. The average Bonchev–Trinajstić information content (AvgIpc) is 2.60. The number of alkyl halides is 3. The number of halogens is 5. The Hall–Kier alpha value is -1.10. The molecule has 2 N–H and O–H groups in total. The fourth-order valence-corrected chi connectivity index (χ4v) is 3.34. The second-order valence-electron chi connectivity index (χ2n) is 7.32. The molecule has 0 atom stereocenters. The molecule has 0 bridgehead atoms. The molecule has 1 aromatic carbocycles. The van der Waals surface area contributed by atoms with Crippen molar-refractivity contribution >= 4 is 29.9 Å². The molecule has 9 heteroatoms. The SMILES string of the molecule is CN=C(NCc1ccc(F)c(CN(C)C)c1)NC1CCC(C(F)(F)F)CC1.I. The van der Waals surface area contributed by atoms with E-state index in [1.807, 2.05) is 25.1 Å². The molecule has 2 rings (SSSR count). The van der Waals surface area contributed by atoms with E-state index in [-0.39, 0.29) is 48.7 Å². The van der Waals surface area contributed by atoms with Gasteiger partial charge in [-0.1, -0.05) is 6.07 Å². The monoisotopic (exact) mass is 516 g/mol. The van der Waals surface area contributed by atoms with Crippen LogP contribution >= 0.6 is 24.0 Å². The highest BCUT2D eigenvalue weighted by Crippen LogP contribution is 2.37. The van der Waals surface area contributed by atoms with Crippen molar-refractivity contribution in [1.29, 1.82) is 0 Å². The molecule has 0 unspecified atom stereocenters. The minimum atomic E-state index is -4.10. The topological polar surface area (TPSA) is 39.7 Å². The Labute approximate surface area is 181 Å². The van der Waals surface area contributed by atoms with Crippen LogP contribution in [0.5, 0.6) is 0 Å². The van der Waals surface area contributed by atoms with Crippen LogP contribution in [0.3, 0.4) is 0 Å². The molecule has 160 valence electrons. The minimum Gasteiger partial charge on any atom is -0.354 e. The van der Waals surface area contributed by atoms with E-state index in [4.69, 9.17) is 0 Å². The van der Waals surface area contributed by atoms with Gasteiger partial charge in [-0.3, -0.25) is 4.99 Å². The van der Waals surface area contributed by atoms with Crippen LogP contribution in [0.4, 0.5) is 17.6 Å². The van der Waals surface area contributed by atoms with Crippen molar-refractivity contribution in [2.45, 2.75) is 51.0 Å². The van der Waals surface area contributed by atoms with E-state index >= 15 is 0 Å². The van der Waals surface area contributed by atoms with Gasteiger partial charge in [0.2, 0.25) is 0 Å². The third kappa shape index (κ3) is 7.73. The number of nitrogens with one attached hydrogen (secondary N) is 2. The van der Waals surface area contributed by atoms with Gasteiger partial charge in [-0.15, -0.1) is 24.0 Å². The van der Waals surface area contributed by atoms with Gasteiger partial charge in [0.15, 0.2) is 5.96 Å². The molecule has 0 heterocycles. The lowest BCUT2D eigenvalue weighted by atomic mass is 9.85. The highest BCUT2D eigenvalue weighted by Gasteiger charge is 2.41. The van der Waals surface area contributed by atoms with Crippen LogP contribution in [0, 0.1) is 11.7 Å². The minimum absolute atomic E-state index is 0. The number of nitrogens with zero attached hydrogens (tertiary/aromatic N) is 2. The van der Waals surface area contributed by atoms with Crippen molar-refractivity contribution in [1.82, 2.24) is 15.5 Å². The summed E-state index contributed by atoms with van der Waals surface area (Å²) < 4.78 is 52.1. The van der Waals surface area contributed by atoms with Crippen LogP contribution in [0.1, 0.15) is 36.8 Å². The second-order valence-corrected chi connectivity index (χ2v) is 7.32. The Morgan fingerprint density at radius 1 is 1.18 bits per heavy atom. The number of rotatable bonds is 5. The van der Waals surface area contributed by atoms with Crippen molar-refractivity contribution in [3.63, 3.8) is 0 Å². The molecule has 4 nitrogen and oxygen atoms in total. The highest BCUT2D eigenvalue weighted by molar-refractivity contribution is 14.0. The Morgan fingerprint density at radius 2 is 1.82 bits per heavy atom. The van der Waals surface area contributed by atoms with Gasteiger partial charge >= 0.3 is 6.18 Å². The zero-order chi connectivity index (χ0) is 20.0. The summed E-state index contributed by atoms with van der Waals surface area (Å²) in [5, 5.41) is 6.35. The van der Waals surface area contributed by atoms with E-state index in [2.05, 4.69) is 15.6 Å². The van der Waals surface area contributed by atoms with Crippen LogP contribution in [0.25, 0.3) is 0 Å². The van der Waals surface area contributed by atoms with Gasteiger partial charge in [0.05, 0.1) is 5.92 Å². The third-order valence-electron chi connectivity index (χ3n) is 4.81. The molecule has 1 aliphatic carbocycles. The summed E-state index contributed by atoms with van der Waals surface area (Å²) in [5.74, 6) is -0.889. The van der Waals surface area contributed by atoms with Crippen LogP contribution in [0.15, 0.2) is 23.2 Å². The molecule has 0 saturated heterocycles. The van der Waals surface area contributed by atoms with E-state index in [0.717, 1.165) is 5.56 Å². The molecule has 0 radical (unpaired) electrons. The quantitative estimate of drug-likeness (QED) is 0.266. The first-order valence-electron chi connectivity index (χ1n) is 9.15. The van der Waals surface area contributed by atoms with E-state index in [1.165, 1.54) is 6.07 Å². The first-order valence-corrected chi connectivity index (χ1v) is 9.15. The Kier molecular flexibility index (Phi) is 9.96. The zero-order valence-electron chi connectivity index (χ0n) is 16.4. The van der Waals surface area contributed by atoms with Crippen LogP contribution in [0.2, 0.25) is 0 Å². The summed E-state index contributed by atoms with van der Waals surface area (Å²) in [7, 11) is 5.38.